The van der Waals surface area contributed by atoms with Crippen molar-refractivity contribution < 1.29 is 4.79 Å². The van der Waals surface area contributed by atoms with Gasteiger partial charge in [0.15, 0.2) is 0 Å². The van der Waals surface area contributed by atoms with E-state index in [9.17, 15) is 4.79 Å². The SMILES string of the molecule is Cc1ccc(CN(C(=O)c2cccnc2Br)C2CC2)cc1. The average Bonchev–Trinajstić information content (AvgIpc) is 3.31. The maximum absolute atomic E-state index is 12.8. The second-order valence-corrected chi connectivity index (χ2v) is 6.24. The Balaban J connectivity index is 1.83. The first-order chi connectivity index (χ1) is 10.1. The maximum atomic E-state index is 12.8. The summed E-state index contributed by atoms with van der Waals surface area (Å²) >= 11 is 3.37. The van der Waals surface area contributed by atoms with E-state index in [1.54, 1.807) is 12.3 Å². The first-order valence-corrected chi connectivity index (χ1v) is 7.91. The van der Waals surface area contributed by atoms with E-state index >= 15 is 0 Å². The van der Waals surface area contributed by atoms with Gasteiger partial charge in [0.1, 0.15) is 4.60 Å². The Bertz CT molecular complexity index is 650. The first kappa shape index (κ1) is 14.3. The molecule has 1 aliphatic rings. The summed E-state index contributed by atoms with van der Waals surface area (Å²) < 4.78 is 0.615. The van der Waals surface area contributed by atoms with E-state index < -0.39 is 0 Å². The van der Waals surface area contributed by atoms with Crippen molar-refractivity contribution in [2.24, 2.45) is 0 Å². The summed E-state index contributed by atoms with van der Waals surface area (Å²) in [5.41, 5.74) is 3.04. The zero-order valence-electron chi connectivity index (χ0n) is 11.9. The molecule has 1 amide bonds. The Morgan fingerprint density at radius 1 is 1.29 bits per heavy atom. The van der Waals surface area contributed by atoms with Crippen LogP contribution in [0.1, 0.15) is 34.3 Å². The summed E-state index contributed by atoms with van der Waals surface area (Å²) in [5, 5.41) is 0. The monoisotopic (exact) mass is 344 g/mol. The quantitative estimate of drug-likeness (QED) is 0.786. The summed E-state index contributed by atoms with van der Waals surface area (Å²) in [6.45, 7) is 2.73. The fourth-order valence-corrected chi connectivity index (χ4v) is 2.76. The molecule has 1 fully saturated rings. The molecule has 0 atom stereocenters. The fraction of sp³-hybridized carbons (Fsp3) is 0.294. The Kier molecular flexibility index (Phi) is 4.06. The highest BCUT2D eigenvalue weighted by molar-refractivity contribution is 9.10. The summed E-state index contributed by atoms with van der Waals surface area (Å²) in [4.78, 5) is 18.9. The van der Waals surface area contributed by atoms with Crippen molar-refractivity contribution in [3.05, 3.63) is 63.9 Å². The molecular formula is C17H17BrN2O. The number of hydrogen-bond donors (Lipinski definition) is 0. The molecular weight excluding hydrogens is 328 g/mol. The van der Waals surface area contributed by atoms with Crippen molar-refractivity contribution in [1.82, 2.24) is 9.88 Å². The van der Waals surface area contributed by atoms with Gasteiger partial charge in [-0.05, 0) is 53.4 Å². The smallest absolute Gasteiger partial charge is 0.257 e. The van der Waals surface area contributed by atoms with Gasteiger partial charge in [-0.15, -0.1) is 0 Å². The molecule has 3 rings (SSSR count). The van der Waals surface area contributed by atoms with Crippen molar-refractivity contribution in [2.75, 3.05) is 0 Å². The highest BCUT2D eigenvalue weighted by Gasteiger charge is 2.33. The molecule has 1 heterocycles. The topological polar surface area (TPSA) is 33.2 Å². The van der Waals surface area contributed by atoms with Gasteiger partial charge in [-0.1, -0.05) is 29.8 Å². The van der Waals surface area contributed by atoms with Gasteiger partial charge < -0.3 is 4.90 Å². The second kappa shape index (κ2) is 5.98. The minimum atomic E-state index is 0.0538. The molecule has 0 radical (unpaired) electrons. The molecule has 0 saturated heterocycles. The van der Waals surface area contributed by atoms with Crippen LogP contribution in [0.2, 0.25) is 0 Å². The Morgan fingerprint density at radius 2 is 2.00 bits per heavy atom. The molecule has 0 N–H and O–H groups in total. The van der Waals surface area contributed by atoms with Crippen LogP contribution >= 0.6 is 15.9 Å². The number of aromatic nitrogens is 1. The summed E-state index contributed by atoms with van der Waals surface area (Å²) in [5.74, 6) is 0.0538. The van der Waals surface area contributed by atoms with Crippen molar-refractivity contribution in [2.45, 2.75) is 32.4 Å². The summed E-state index contributed by atoms with van der Waals surface area (Å²) in [7, 11) is 0. The molecule has 3 nitrogen and oxygen atoms in total. The Labute approximate surface area is 133 Å². The standard InChI is InChI=1S/C17H17BrN2O/c1-12-4-6-13(7-5-12)11-20(14-8-9-14)17(21)15-3-2-10-19-16(15)18/h2-7,10,14H,8-9,11H2,1H3. The van der Waals surface area contributed by atoms with E-state index in [0.29, 0.717) is 22.8 Å². The van der Waals surface area contributed by atoms with Gasteiger partial charge >= 0.3 is 0 Å². The Morgan fingerprint density at radius 3 is 2.62 bits per heavy atom. The molecule has 0 aliphatic heterocycles. The van der Waals surface area contributed by atoms with Crippen LogP contribution in [-0.4, -0.2) is 21.8 Å². The minimum Gasteiger partial charge on any atom is -0.331 e. The van der Waals surface area contributed by atoms with Crippen molar-refractivity contribution in [1.29, 1.82) is 0 Å². The van der Waals surface area contributed by atoms with Gasteiger partial charge in [0.05, 0.1) is 5.56 Å². The lowest BCUT2D eigenvalue weighted by atomic mass is 10.1. The molecule has 21 heavy (non-hydrogen) atoms. The zero-order chi connectivity index (χ0) is 14.8. The predicted octanol–water partition coefficient (Wildman–Crippen LogP) is 3.96. The van der Waals surface area contributed by atoms with Crippen LogP contribution < -0.4 is 0 Å². The molecule has 4 heteroatoms. The lowest BCUT2D eigenvalue weighted by Gasteiger charge is -2.23. The third kappa shape index (κ3) is 3.32. The number of aryl methyl sites for hydroxylation is 1. The predicted molar refractivity (Wildman–Crippen MR) is 86.0 cm³/mol. The van der Waals surface area contributed by atoms with Gasteiger partial charge in [0, 0.05) is 18.8 Å². The van der Waals surface area contributed by atoms with Crippen LogP contribution in [0.15, 0.2) is 47.2 Å². The molecule has 0 bridgehead atoms. The van der Waals surface area contributed by atoms with E-state index in [1.807, 2.05) is 11.0 Å². The largest absolute Gasteiger partial charge is 0.331 e. The van der Waals surface area contributed by atoms with Crippen molar-refractivity contribution in [3.63, 3.8) is 0 Å². The van der Waals surface area contributed by atoms with E-state index in [1.165, 1.54) is 11.1 Å². The van der Waals surface area contributed by atoms with Crippen LogP contribution in [0.25, 0.3) is 0 Å². The normalized spacial score (nSPS) is 14.0. The molecule has 0 spiro atoms. The van der Waals surface area contributed by atoms with Crippen LogP contribution in [0.4, 0.5) is 0 Å². The van der Waals surface area contributed by atoms with E-state index in [4.69, 9.17) is 0 Å². The first-order valence-electron chi connectivity index (χ1n) is 7.12. The average molecular weight is 345 g/mol. The number of nitrogens with zero attached hydrogens (tertiary/aromatic N) is 2. The van der Waals surface area contributed by atoms with Crippen molar-refractivity contribution in [3.8, 4) is 0 Å². The summed E-state index contributed by atoms with van der Waals surface area (Å²) in [6.07, 6.45) is 3.87. The number of pyridine rings is 1. The van der Waals surface area contributed by atoms with Crippen LogP contribution in [0.5, 0.6) is 0 Å². The van der Waals surface area contributed by atoms with E-state index in [0.717, 1.165) is 12.8 Å². The second-order valence-electron chi connectivity index (χ2n) is 5.49. The van der Waals surface area contributed by atoms with Crippen LogP contribution in [0.3, 0.4) is 0 Å². The third-order valence-electron chi connectivity index (χ3n) is 3.71. The van der Waals surface area contributed by atoms with Crippen molar-refractivity contribution >= 4 is 21.8 Å². The number of carbonyl (C=O) groups excluding carboxylic acids is 1. The number of halogens is 1. The fourth-order valence-electron chi connectivity index (χ4n) is 2.34. The van der Waals surface area contributed by atoms with Crippen LogP contribution in [-0.2, 0) is 6.54 Å². The van der Waals surface area contributed by atoms with Gasteiger partial charge in [0.2, 0.25) is 0 Å². The molecule has 1 aromatic carbocycles. The number of rotatable bonds is 4. The highest BCUT2D eigenvalue weighted by Crippen LogP contribution is 2.30. The maximum Gasteiger partial charge on any atom is 0.257 e. The number of hydrogen-bond acceptors (Lipinski definition) is 2. The molecule has 1 aliphatic carbocycles. The molecule has 1 saturated carbocycles. The molecule has 2 aromatic rings. The summed E-state index contributed by atoms with van der Waals surface area (Å²) in [6, 6.07) is 12.4. The minimum absolute atomic E-state index is 0.0538. The lowest BCUT2D eigenvalue weighted by molar-refractivity contribution is 0.0728. The van der Waals surface area contributed by atoms with Crippen LogP contribution in [0, 0.1) is 6.92 Å². The third-order valence-corrected chi connectivity index (χ3v) is 4.34. The van der Waals surface area contributed by atoms with Gasteiger partial charge in [-0.2, -0.15) is 0 Å². The Hall–Kier alpha value is -1.68. The highest BCUT2D eigenvalue weighted by atomic mass is 79.9. The lowest BCUT2D eigenvalue weighted by Crippen LogP contribution is -2.33. The van der Waals surface area contributed by atoms with Gasteiger partial charge in [0.25, 0.3) is 5.91 Å². The van der Waals surface area contributed by atoms with E-state index in [2.05, 4.69) is 52.1 Å². The van der Waals surface area contributed by atoms with Gasteiger partial charge in [-0.3, -0.25) is 4.79 Å². The number of benzene rings is 1. The molecule has 0 unspecified atom stereocenters. The number of amides is 1. The molecule has 108 valence electrons. The number of carbonyl (C=O) groups is 1. The zero-order valence-corrected chi connectivity index (χ0v) is 13.5. The van der Waals surface area contributed by atoms with E-state index in [-0.39, 0.29) is 5.91 Å². The molecule has 1 aromatic heterocycles. The van der Waals surface area contributed by atoms with Gasteiger partial charge in [-0.25, -0.2) is 4.98 Å².